The smallest absolute Gasteiger partial charge is 0.395 e. The topological polar surface area (TPSA) is 88.6 Å². The number of carbonyl (C=O) groups is 1. The van der Waals surface area contributed by atoms with E-state index in [1.165, 1.54) is 6.07 Å². The van der Waals surface area contributed by atoms with Gasteiger partial charge in [-0.15, -0.1) is 0 Å². The molecule has 7 heteroatoms. The monoisotopic (exact) mass is 303 g/mol. The molecule has 0 bridgehead atoms. The van der Waals surface area contributed by atoms with E-state index in [1.54, 1.807) is 12.1 Å². The van der Waals surface area contributed by atoms with Crippen LogP contribution in [0.15, 0.2) is 40.8 Å². The molecule has 0 spiro atoms. The van der Waals surface area contributed by atoms with Crippen LogP contribution < -0.4 is 10.2 Å². The number of benzene rings is 1. The predicted molar refractivity (Wildman–Crippen MR) is 83.3 cm³/mol. The normalized spacial score (nSPS) is 10.3. The minimum absolute atomic E-state index is 0.0977. The summed E-state index contributed by atoms with van der Waals surface area (Å²) in [7, 11) is 0. The van der Waals surface area contributed by atoms with E-state index in [-0.39, 0.29) is 5.76 Å². The first-order chi connectivity index (χ1) is 10.5. The zero-order valence-electron chi connectivity index (χ0n) is 12.4. The molecule has 0 radical (unpaired) electrons. The number of rotatable bonds is 6. The summed E-state index contributed by atoms with van der Waals surface area (Å²) >= 11 is 0. The van der Waals surface area contributed by atoms with E-state index in [0.29, 0.717) is 5.69 Å². The number of nitro groups is 1. The summed E-state index contributed by atoms with van der Waals surface area (Å²) in [6, 6.07) is 9.81. The molecule has 22 heavy (non-hydrogen) atoms. The fourth-order valence-electron chi connectivity index (χ4n) is 2.08. The largest absolute Gasteiger partial charge is 0.433 e. The van der Waals surface area contributed by atoms with Crippen LogP contribution in [0.5, 0.6) is 0 Å². The summed E-state index contributed by atoms with van der Waals surface area (Å²) in [5.74, 6) is -1.08. The third kappa shape index (κ3) is 3.43. The average molecular weight is 303 g/mol. The molecule has 116 valence electrons. The Kier molecular flexibility index (Phi) is 4.77. The maximum Gasteiger partial charge on any atom is 0.433 e. The van der Waals surface area contributed by atoms with Gasteiger partial charge in [0.05, 0.1) is 6.07 Å². The van der Waals surface area contributed by atoms with Crippen LogP contribution in [0.2, 0.25) is 0 Å². The number of hydrogen-bond donors (Lipinski definition) is 1. The van der Waals surface area contributed by atoms with Gasteiger partial charge in [-0.3, -0.25) is 14.9 Å². The van der Waals surface area contributed by atoms with Crippen molar-refractivity contribution < 1.29 is 14.1 Å². The van der Waals surface area contributed by atoms with E-state index in [2.05, 4.69) is 24.1 Å². The Labute approximate surface area is 127 Å². The summed E-state index contributed by atoms with van der Waals surface area (Å²) < 4.78 is 4.86. The average Bonchev–Trinajstić information content (AvgIpc) is 3.00. The fourth-order valence-corrected chi connectivity index (χ4v) is 2.08. The molecule has 0 saturated heterocycles. The molecule has 0 aliphatic rings. The Morgan fingerprint density at radius 2 is 1.82 bits per heavy atom. The van der Waals surface area contributed by atoms with Gasteiger partial charge in [-0.25, -0.2) is 0 Å². The van der Waals surface area contributed by atoms with E-state index < -0.39 is 16.7 Å². The lowest BCUT2D eigenvalue weighted by Gasteiger charge is -2.21. The lowest BCUT2D eigenvalue weighted by atomic mass is 10.2. The van der Waals surface area contributed by atoms with Gasteiger partial charge >= 0.3 is 5.88 Å². The molecule has 0 fully saturated rings. The van der Waals surface area contributed by atoms with E-state index in [4.69, 9.17) is 4.42 Å². The lowest BCUT2D eigenvalue weighted by Crippen LogP contribution is -2.21. The second-order valence-electron chi connectivity index (χ2n) is 4.57. The maximum absolute atomic E-state index is 11.9. The Balaban J connectivity index is 2.06. The molecule has 2 aromatic rings. The van der Waals surface area contributed by atoms with Crippen LogP contribution in [-0.4, -0.2) is 23.9 Å². The fraction of sp³-hybridized carbons (Fsp3) is 0.267. The number of nitrogens with zero attached hydrogens (tertiary/aromatic N) is 2. The van der Waals surface area contributed by atoms with Crippen LogP contribution >= 0.6 is 0 Å². The molecule has 0 aliphatic heterocycles. The van der Waals surface area contributed by atoms with Crippen LogP contribution in [0, 0.1) is 10.1 Å². The first kappa shape index (κ1) is 15.6. The lowest BCUT2D eigenvalue weighted by molar-refractivity contribution is -0.402. The highest BCUT2D eigenvalue weighted by Crippen LogP contribution is 2.20. The molecular weight excluding hydrogens is 286 g/mol. The second-order valence-corrected chi connectivity index (χ2v) is 4.57. The van der Waals surface area contributed by atoms with E-state index in [1.807, 2.05) is 12.1 Å². The van der Waals surface area contributed by atoms with Crippen LogP contribution in [0.3, 0.4) is 0 Å². The summed E-state index contributed by atoms with van der Waals surface area (Å²) in [5.41, 5.74) is 1.66. The summed E-state index contributed by atoms with van der Waals surface area (Å²) in [4.78, 5) is 24.0. The van der Waals surface area contributed by atoms with Gasteiger partial charge in [-0.05, 0) is 44.2 Å². The van der Waals surface area contributed by atoms with E-state index in [9.17, 15) is 14.9 Å². The third-order valence-corrected chi connectivity index (χ3v) is 3.25. The molecule has 1 N–H and O–H groups in total. The van der Waals surface area contributed by atoms with Crippen molar-refractivity contribution in [3.05, 3.63) is 52.3 Å². The molecule has 0 unspecified atom stereocenters. The molecule has 2 rings (SSSR count). The predicted octanol–water partition coefficient (Wildman–Crippen LogP) is 3.29. The molecule has 7 nitrogen and oxygen atoms in total. The van der Waals surface area contributed by atoms with Crippen molar-refractivity contribution in [2.24, 2.45) is 0 Å². The van der Waals surface area contributed by atoms with E-state index >= 15 is 0 Å². The van der Waals surface area contributed by atoms with Crippen LogP contribution in [-0.2, 0) is 0 Å². The van der Waals surface area contributed by atoms with Crippen molar-refractivity contribution in [1.29, 1.82) is 0 Å². The summed E-state index contributed by atoms with van der Waals surface area (Å²) in [6.07, 6.45) is 0. The first-order valence-corrected chi connectivity index (χ1v) is 6.95. The molecule has 1 aromatic carbocycles. The maximum atomic E-state index is 11.9. The first-order valence-electron chi connectivity index (χ1n) is 6.95. The van der Waals surface area contributed by atoms with Gasteiger partial charge in [-0.1, -0.05) is 0 Å². The van der Waals surface area contributed by atoms with Crippen LogP contribution in [0.4, 0.5) is 17.3 Å². The molecule has 0 atom stereocenters. The SMILES string of the molecule is CCN(CC)c1ccc(NC(=O)c2ccc([N+](=O)[O-])o2)cc1. The molecule has 0 aliphatic carbocycles. The highest BCUT2D eigenvalue weighted by Gasteiger charge is 2.17. The van der Waals surface area contributed by atoms with Gasteiger partial charge in [0.15, 0.2) is 5.76 Å². The van der Waals surface area contributed by atoms with Gasteiger partial charge in [0.1, 0.15) is 4.92 Å². The quantitative estimate of drug-likeness (QED) is 0.653. The van der Waals surface area contributed by atoms with Gasteiger partial charge in [0, 0.05) is 24.5 Å². The molecule has 1 heterocycles. The molecule has 0 saturated carbocycles. The highest BCUT2D eigenvalue weighted by atomic mass is 16.6. The number of nitrogens with one attached hydrogen (secondary N) is 1. The van der Waals surface area contributed by atoms with Crippen molar-refractivity contribution in [3.63, 3.8) is 0 Å². The van der Waals surface area contributed by atoms with Crippen molar-refractivity contribution >= 4 is 23.2 Å². The van der Waals surface area contributed by atoms with Crippen LogP contribution in [0.25, 0.3) is 0 Å². The summed E-state index contributed by atoms with van der Waals surface area (Å²) in [6.45, 7) is 5.95. The zero-order chi connectivity index (χ0) is 16.1. The number of hydrogen-bond acceptors (Lipinski definition) is 5. The molecule has 1 aromatic heterocycles. The summed E-state index contributed by atoms with van der Waals surface area (Å²) in [5, 5.41) is 13.2. The minimum Gasteiger partial charge on any atom is -0.395 e. The standard InChI is InChI=1S/C15H17N3O4/c1-3-17(4-2)12-7-5-11(6-8-12)16-15(19)13-9-10-14(22-13)18(20)21/h5-10H,3-4H2,1-2H3,(H,16,19). The van der Waals surface area contributed by atoms with Gasteiger partial charge in [0.25, 0.3) is 5.91 Å². The van der Waals surface area contributed by atoms with Crippen molar-refractivity contribution in [2.45, 2.75) is 13.8 Å². The number of anilines is 2. The minimum atomic E-state index is -0.685. The van der Waals surface area contributed by atoms with Crippen LogP contribution in [0.1, 0.15) is 24.4 Å². The van der Waals surface area contributed by atoms with E-state index in [0.717, 1.165) is 24.8 Å². The second kappa shape index (κ2) is 6.75. The Bertz CT molecular complexity index is 660. The van der Waals surface area contributed by atoms with Crippen molar-refractivity contribution in [3.8, 4) is 0 Å². The Morgan fingerprint density at radius 1 is 1.18 bits per heavy atom. The number of carbonyl (C=O) groups excluding carboxylic acids is 1. The van der Waals surface area contributed by atoms with Gasteiger partial charge in [-0.2, -0.15) is 0 Å². The van der Waals surface area contributed by atoms with Gasteiger partial charge < -0.3 is 14.6 Å². The van der Waals surface area contributed by atoms with Crippen molar-refractivity contribution in [2.75, 3.05) is 23.3 Å². The Hall–Kier alpha value is -2.83. The molecule has 1 amide bonds. The highest BCUT2D eigenvalue weighted by molar-refractivity contribution is 6.02. The molecular formula is C15H17N3O4. The van der Waals surface area contributed by atoms with Gasteiger partial charge in [0.2, 0.25) is 0 Å². The van der Waals surface area contributed by atoms with Crippen molar-refractivity contribution in [1.82, 2.24) is 0 Å². The Morgan fingerprint density at radius 3 is 2.32 bits per heavy atom. The number of furan rings is 1. The number of amides is 1. The zero-order valence-corrected chi connectivity index (χ0v) is 12.4. The third-order valence-electron chi connectivity index (χ3n) is 3.25.